The lowest BCUT2D eigenvalue weighted by molar-refractivity contribution is -0.137. The van der Waals surface area contributed by atoms with Crippen LogP contribution < -0.4 is 0 Å². The van der Waals surface area contributed by atoms with Gasteiger partial charge in [0.05, 0.1) is 0 Å². The molecule has 240 valence electrons. The van der Waals surface area contributed by atoms with Crippen molar-refractivity contribution in [3.05, 3.63) is 0 Å². The van der Waals surface area contributed by atoms with E-state index >= 15 is 0 Å². The number of hydrogen-bond acceptors (Lipinski definition) is 4. The van der Waals surface area contributed by atoms with Gasteiger partial charge in [0.15, 0.2) is 4.08 Å². The Labute approximate surface area is 258 Å². The van der Waals surface area contributed by atoms with Crippen molar-refractivity contribution in [2.75, 3.05) is 11.5 Å². The van der Waals surface area contributed by atoms with Crippen molar-refractivity contribution in [1.82, 2.24) is 0 Å². The minimum atomic E-state index is -0.745. The van der Waals surface area contributed by atoms with Gasteiger partial charge in [0.2, 0.25) is 0 Å². The topological polar surface area (TPSA) is 74.6 Å². The molecule has 0 unspecified atom stereocenters. The fourth-order valence-electron chi connectivity index (χ4n) is 4.59. The molecule has 0 radical (unpaired) electrons. The molecule has 0 heterocycles. The van der Waals surface area contributed by atoms with E-state index in [-0.39, 0.29) is 6.42 Å². The van der Waals surface area contributed by atoms with E-state index in [4.69, 9.17) is 5.11 Å². The van der Waals surface area contributed by atoms with Gasteiger partial charge in [-0.2, -0.15) is 0 Å². The smallest absolute Gasteiger partial charge is 0.329 e. The molecule has 0 saturated carbocycles. The molecule has 0 atom stereocenters. The first kappa shape index (κ1) is 41.8. The zero-order valence-electron chi connectivity index (χ0n) is 27.1. The predicted molar refractivity (Wildman–Crippen MR) is 181 cm³/mol. The molecule has 0 aliphatic heterocycles. The number of unbranched alkanes of at least 4 members (excludes halogenated alkanes) is 22. The Morgan fingerprint density at radius 2 is 0.700 bits per heavy atom. The Morgan fingerprint density at radius 3 is 0.900 bits per heavy atom. The minimum Gasteiger partial charge on any atom is -0.481 e. The second-order valence-electron chi connectivity index (χ2n) is 11.5. The molecule has 4 nitrogen and oxygen atoms in total. The van der Waals surface area contributed by atoms with E-state index < -0.39 is 16.0 Å². The SMILES string of the molecule is CCC(=O)O.CCCCCCCCCCCCCCSC(C)(SCCCCCCCCCCCCCC)C(=O)O. The highest BCUT2D eigenvalue weighted by Crippen LogP contribution is 2.38. The maximum atomic E-state index is 11.9. The number of hydrogen-bond donors (Lipinski definition) is 2. The maximum absolute atomic E-state index is 11.9. The van der Waals surface area contributed by atoms with Gasteiger partial charge < -0.3 is 10.2 Å². The van der Waals surface area contributed by atoms with Crippen LogP contribution in [-0.2, 0) is 9.59 Å². The first-order chi connectivity index (χ1) is 19.3. The summed E-state index contributed by atoms with van der Waals surface area (Å²) in [5.41, 5.74) is 0. The standard InChI is InChI=1S/C31H62O2S2.C3H6O2/c1-4-6-8-10-12-14-16-18-20-22-24-26-28-34-31(3,30(32)33)35-29-27-25-23-21-19-17-15-13-11-9-7-5-2;1-2-3(4)5/h4-29H2,1-3H3,(H,32,33);2H2,1H3,(H,4,5). The normalized spacial score (nSPS) is 11.3. The number of carbonyl (C=O) groups is 2. The molecule has 0 bridgehead atoms. The third kappa shape index (κ3) is 32.2. The van der Waals surface area contributed by atoms with E-state index in [9.17, 15) is 14.7 Å². The Balaban J connectivity index is 0. The molecule has 0 amide bonds. The zero-order chi connectivity index (χ0) is 30.2. The average Bonchev–Trinajstić information content (AvgIpc) is 2.94. The van der Waals surface area contributed by atoms with Crippen molar-refractivity contribution in [3.8, 4) is 0 Å². The monoisotopic (exact) mass is 604 g/mol. The van der Waals surface area contributed by atoms with Gasteiger partial charge in [-0.1, -0.05) is 162 Å². The molecular weight excluding hydrogens is 537 g/mol. The third-order valence-electron chi connectivity index (χ3n) is 7.44. The summed E-state index contributed by atoms with van der Waals surface area (Å²) < 4.78 is -0.671. The van der Waals surface area contributed by atoms with Crippen LogP contribution in [0.2, 0.25) is 0 Å². The summed E-state index contributed by atoms with van der Waals surface area (Å²) in [6, 6.07) is 0. The quantitative estimate of drug-likeness (QED) is 0.0627. The van der Waals surface area contributed by atoms with Crippen LogP contribution >= 0.6 is 23.5 Å². The van der Waals surface area contributed by atoms with Crippen LogP contribution in [0.5, 0.6) is 0 Å². The van der Waals surface area contributed by atoms with Gasteiger partial charge in [0.1, 0.15) is 0 Å². The van der Waals surface area contributed by atoms with Gasteiger partial charge in [0.25, 0.3) is 0 Å². The minimum absolute atomic E-state index is 0.222. The number of rotatable bonds is 30. The maximum Gasteiger partial charge on any atom is 0.329 e. The Kier molecular flexibility index (Phi) is 34.6. The van der Waals surface area contributed by atoms with E-state index in [0.717, 1.165) is 24.3 Å². The summed E-state index contributed by atoms with van der Waals surface area (Å²) >= 11 is 3.32. The third-order valence-corrected chi connectivity index (χ3v) is 10.6. The van der Waals surface area contributed by atoms with Gasteiger partial charge in [-0.3, -0.25) is 4.79 Å². The van der Waals surface area contributed by atoms with E-state index in [1.165, 1.54) is 141 Å². The lowest BCUT2D eigenvalue weighted by Crippen LogP contribution is -2.28. The van der Waals surface area contributed by atoms with E-state index in [0.29, 0.717) is 0 Å². The van der Waals surface area contributed by atoms with Crippen molar-refractivity contribution in [1.29, 1.82) is 0 Å². The fourth-order valence-corrected chi connectivity index (χ4v) is 7.14. The van der Waals surface area contributed by atoms with Gasteiger partial charge in [-0.05, 0) is 31.3 Å². The van der Waals surface area contributed by atoms with Crippen molar-refractivity contribution in [3.63, 3.8) is 0 Å². The van der Waals surface area contributed by atoms with E-state index in [1.807, 2.05) is 6.92 Å². The van der Waals surface area contributed by atoms with Crippen molar-refractivity contribution in [2.24, 2.45) is 0 Å². The molecule has 0 saturated heterocycles. The lowest BCUT2D eigenvalue weighted by Gasteiger charge is -2.23. The first-order valence-electron chi connectivity index (χ1n) is 17.1. The van der Waals surface area contributed by atoms with E-state index in [2.05, 4.69) is 13.8 Å². The molecule has 0 aromatic rings. The van der Waals surface area contributed by atoms with Crippen LogP contribution in [-0.4, -0.2) is 37.7 Å². The van der Waals surface area contributed by atoms with Crippen molar-refractivity contribution < 1.29 is 19.8 Å². The fraction of sp³-hybridized carbons (Fsp3) is 0.941. The number of carboxylic acids is 2. The molecule has 0 aromatic heterocycles. The van der Waals surface area contributed by atoms with Crippen LogP contribution in [0.4, 0.5) is 0 Å². The summed E-state index contributed by atoms with van der Waals surface area (Å²) in [5.74, 6) is 0.563. The number of thioether (sulfide) groups is 2. The summed E-state index contributed by atoms with van der Waals surface area (Å²) in [4.78, 5) is 21.2. The second-order valence-corrected chi connectivity index (χ2v) is 14.8. The number of carboxylic acid groups (broad SMARTS) is 2. The molecular formula is C34H68O4S2. The van der Waals surface area contributed by atoms with E-state index in [1.54, 1.807) is 30.4 Å². The lowest BCUT2D eigenvalue weighted by atomic mass is 10.1. The Hall–Kier alpha value is -0.360. The summed E-state index contributed by atoms with van der Waals surface area (Å²) in [5, 5.41) is 17.5. The van der Waals surface area contributed by atoms with Crippen molar-refractivity contribution in [2.45, 2.75) is 192 Å². The van der Waals surface area contributed by atoms with Gasteiger partial charge in [0, 0.05) is 6.42 Å². The summed E-state index contributed by atoms with van der Waals surface area (Å²) in [6.07, 6.45) is 32.7. The molecule has 0 aromatic carbocycles. The summed E-state index contributed by atoms with van der Waals surface area (Å²) in [7, 11) is 0. The molecule has 0 aliphatic rings. The highest BCUT2D eigenvalue weighted by molar-refractivity contribution is 8.19. The molecule has 6 heteroatoms. The molecule has 0 spiro atoms. The molecule has 0 fully saturated rings. The zero-order valence-corrected chi connectivity index (χ0v) is 28.8. The predicted octanol–water partition coefficient (Wildman–Crippen LogP) is 12.1. The number of aliphatic carboxylic acids is 2. The average molecular weight is 605 g/mol. The van der Waals surface area contributed by atoms with Gasteiger partial charge >= 0.3 is 11.9 Å². The van der Waals surface area contributed by atoms with Crippen LogP contribution in [0.1, 0.15) is 188 Å². The first-order valence-corrected chi connectivity index (χ1v) is 19.0. The molecule has 0 aliphatic carbocycles. The van der Waals surface area contributed by atoms with Crippen LogP contribution in [0.3, 0.4) is 0 Å². The van der Waals surface area contributed by atoms with Crippen LogP contribution in [0, 0.1) is 0 Å². The summed E-state index contributed by atoms with van der Waals surface area (Å²) in [6.45, 7) is 8.08. The highest BCUT2D eigenvalue weighted by Gasteiger charge is 2.33. The molecule has 0 rings (SSSR count). The van der Waals surface area contributed by atoms with Crippen LogP contribution in [0.15, 0.2) is 0 Å². The van der Waals surface area contributed by atoms with Crippen LogP contribution in [0.25, 0.3) is 0 Å². The highest BCUT2D eigenvalue weighted by atomic mass is 32.2. The Bertz CT molecular complexity index is 512. The largest absolute Gasteiger partial charge is 0.481 e. The molecule has 40 heavy (non-hydrogen) atoms. The van der Waals surface area contributed by atoms with Gasteiger partial charge in [-0.25, -0.2) is 4.79 Å². The Morgan fingerprint density at radius 1 is 0.475 bits per heavy atom. The van der Waals surface area contributed by atoms with Gasteiger partial charge in [-0.15, -0.1) is 23.5 Å². The second kappa shape index (κ2) is 33.1. The van der Waals surface area contributed by atoms with Crippen molar-refractivity contribution >= 4 is 35.5 Å². The molecule has 2 N–H and O–H groups in total.